The van der Waals surface area contributed by atoms with Gasteiger partial charge in [-0.15, -0.1) is 11.3 Å². The Bertz CT molecular complexity index is 709. The van der Waals surface area contributed by atoms with Crippen molar-refractivity contribution in [3.05, 3.63) is 39.6 Å². The van der Waals surface area contributed by atoms with Crippen molar-refractivity contribution < 1.29 is 9.53 Å². The lowest BCUT2D eigenvalue weighted by molar-refractivity contribution is -0.123. The first-order valence-electron chi connectivity index (χ1n) is 8.13. The molecular formula is C17H24N4O2S. The third kappa shape index (κ3) is 3.68. The Morgan fingerprint density at radius 2 is 2.33 bits per heavy atom. The van der Waals surface area contributed by atoms with Crippen molar-refractivity contribution in [2.75, 3.05) is 26.8 Å². The van der Waals surface area contributed by atoms with Crippen LogP contribution in [0, 0.1) is 6.92 Å². The fourth-order valence-electron chi connectivity index (χ4n) is 3.20. The van der Waals surface area contributed by atoms with Gasteiger partial charge in [0.1, 0.15) is 0 Å². The van der Waals surface area contributed by atoms with E-state index in [1.54, 1.807) is 13.4 Å². The van der Waals surface area contributed by atoms with Crippen LogP contribution >= 0.6 is 11.3 Å². The van der Waals surface area contributed by atoms with E-state index in [1.807, 2.05) is 23.0 Å². The van der Waals surface area contributed by atoms with E-state index in [0.29, 0.717) is 19.7 Å². The van der Waals surface area contributed by atoms with E-state index in [4.69, 9.17) is 4.74 Å². The lowest BCUT2D eigenvalue weighted by Gasteiger charge is -2.31. The van der Waals surface area contributed by atoms with Crippen LogP contribution < -0.4 is 5.32 Å². The number of carbonyl (C=O) groups excluding carboxylic acids is 1. The number of methoxy groups -OCH3 is 1. The minimum absolute atomic E-state index is 0.0453. The number of nitrogens with one attached hydrogen (secondary N) is 1. The third-order valence-corrected chi connectivity index (χ3v) is 5.29. The van der Waals surface area contributed by atoms with Crippen molar-refractivity contribution in [2.24, 2.45) is 7.05 Å². The van der Waals surface area contributed by atoms with Crippen LogP contribution in [0.4, 0.5) is 0 Å². The van der Waals surface area contributed by atoms with Gasteiger partial charge in [-0.05, 0) is 19.1 Å². The van der Waals surface area contributed by atoms with Crippen LogP contribution in [0.5, 0.6) is 0 Å². The molecule has 0 aromatic carbocycles. The molecule has 0 saturated heterocycles. The Kier molecular flexibility index (Phi) is 5.33. The molecule has 1 amide bonds. The monoisotopic (exact) mass is 348 g/mol. The SMILES string of the molecule is COCCNC(=O)C1CN(Cc2ccc(C)s2)Cc2ncn(C)c21. The van der Waals surface area contributed by atoms with E-state index in [0.717, 1.165) is 24.5 Å². The summed E-state index contributed by atoms with van der Waals surface area (Å²) in [5, 5.41) is 2.97. The molecular weight excluding hydrogens is 324 g/mol. The maximum atomic E-state index is 12.7. The number of nitrogens with zero attached hydrogens (tertiary/aromatic N) is 3. The number of carbonyl (C=O) groups is 1. The standard InChI is InChI=1S/C17H24N4O2S/c1-12-4-5-13(24-12)8-21-9-14(17(22)18-6-7-23-3)16-15(10-21)19-11-20(16)2/h4-5,11,14H,6-10H2,1-3H3,(H,18,22). The number of rotatable bonds is 6. The molecule has 6 nitrogen and oxygen atoms in total. The number of hydrogen-bond acceptors (Lipinski definition) is 5. The molecule has 2 aromatic rings. The van der Waals surface area contributed by atoms with Gasteiger partial charge in [0.25, 0.3) is 0 Å². The van der Waals surface area contributed by atoms with Gasteiger partial charge in [0, 0.05) is 50.1 Å². The van der Waals surface area contributed by atoms with E-state index in [-0.39, 0.29) is 11.8 Å². The van der Waals surface area contributed by atoms with Gasteiger partial charge in [-0.2, -0.15) is 0 Å². The topological polar surface area (TPSA) is 59.4 Å². The number of aryl methyl sites for hydroxylation is 2. The highest BCUT2D eigenvalue weighted by Crippen LogP contribution is 2.29. The number of amides is 1. The van der Waals surface area contributed by atoms with Crippen LogP contribution in [0.1, 0.15) is 27.1 Å². The molecule has 1 aliphatic rings. The second-order valence-electron chi connectivity index (χ2n) is 6.21. The number of aromatic nitrogens is 2. The van der Waals surface area contributed by atoms with Gasteiger partial charge in [0.15, 0.2) is 0 Å². The van der Waals surface area contributed by atoms with E-state index >= 15 is 0 Å². The molecule has 2 aromatic heterocycles. The van der Waals surface area contributed by atoms with Crippen LogP contribution in [-0.4, -0.2) is 47.2 Å². The average Bonchev–Trinajstić information content (AvgIpc) is 3.13. The van der Waals surface area contributed by atoms with E-state index in [1.165, 1.54) is 9.75 Å². The smallest absolute Gasteiger partial charge is 0.230 e. The summed E-state index contributed by atoms with van der Waals surface area (Å²) in [7, 11) is 3.59. The summed E-state index contributed by atoms with van der Waals surface area (Å²) in [5.74, 6) is -0.150. The molecule has 24 heavy (non-hydrogen) atoms. The number of fused-ring (bicyclic) bond motifs is 1. The Labute approximate surface area is 146 Å². The molecule has 1 N–H and O–H groups in total. The van der Waals surface area contributed by atoms with Crippen molar-refractivity contribution >= 4 is 17.2 Å². The van der Waals surface area contributed by atoms with Gasteiger partial charge in [0.05, 0.1) is 30.2 Å². The van der Waals surface area contributed by atoms with Crippen molar-refractivity contribution in [3.63, 3.8) is 0 Å². The zero-order valence-corrected chi connectivity index (χ0v) is 15.2. The fourth-order valence-corrected chi connectivity index (χ4v) is 4.13. The van der Waals surface area contributed by atoms with Gasteiger partial charge in [0.2, 0.25) is 5.91 Å². The Hall–Kier alpha value is -1.70. The Balaban J connectivity index is 1.76. The summed E-state index contributed by atoms with van der Waals surface area (Å²) in [6.45, 7) is 5.53. The van der Waals surface area contributed by atoms with Crippen LogP contribution in [0.25, 0.3) is 0 Å². The molecule has 1 aliphatic heterocycles. The normalized spacial score (nSPS) is 17.7. The summed E-state index contributed by atoms with van der Waals surface area (Å²) in [4.78, 5) is 22.1. The van der Waals surface area contributed by atoms with Gasteiger partial charge in [-0.1, -0.05) is 0 Å². The molecule has 0 aliphatic carbocycles. The summed E-state index contributed by atoms with van der Waals surface area (Å²) in [6.07, 6.45) is 1.80. The Morgan fingerprint density at radius 3 is 3.04 bits per heavy atom. The molecule has 0 spiro atoms. The number of thiophene rings is 1. The number of hydrogen-bond donors (Lipinski definition) is 1. The molecule has 7 heteroatoms. The second-order valence-corrected chi connectivity index (χ2v) is 7.58. The minimum atomic E-state index is -0.195. The van der Waals surface area contributed by atoms with Crippen LogP contribution in [-0.2, 0) is 29.7 Å². The first-order chi connectivity index (χ1) is 11.6. The lowest BCUT2D eigenvalue weighted by atomic mass is 9.97. The van der Waals surface area contributed by atoms with Crippen LogP contribution in [0.15, 0.2) is 18.5 Å². The first-order valence-corrected chi connectivity index (χ1v) is 8.94. The van der Waals surface area contributed by atoms with Gasteiger partial charge in [-0.25, -0.2) is 4.98 Å². The van der Waals surface area contributed by atoms with Gasteiger partial charge < -0.3 is 14.6 Å². The molecule has 1 unspecified atom stereocenters. The van der Waals surface area contributed by atoms with E-state index in [9.17, 15) is 4.79 Å². The maximum Gasteiger partial charge on any atom is 0.230 e. The van der Waals surface area contributed by atoms with Crippen molar-refractivity contribution in [3.8, 4) is 0 Å². The third-order valence-electron chi connectivity index (χ3n) is 4.30. The highest BCUT2D eigenvalue weighted by atomic mass is 32.1. The van der Waals surface area contributed by atoms with Crippen molar-refractivity contribution in [2.45, 2.75) is 25.9 Å². The maximum absolute atomic E-state index is 12.7. The minimum Gasteiger partial charge on any atom is -0.383 e. The molecule has 0 bridgehead atoms. The number of ether oxygens (including phenoxy) is 1. The zero-order valence-electron chi connectivity index (χ0n) is 14.4. The zero-order chi connectivity index (χ0) is 17.1. The molecule has 1 atom stereocenters. The van der Waals surface area contributed by atoms with Crippen LogP contribution in [0.3, 0.4) is 0 Å². The number of imidazole rings is 1. The van der Waals surface area contributed by atoms with Gasteiger partial charge >= 0.3 is 0 Å². The summed E-state index contributed by atoms with van der Waals surface area (Å²) in [5.41, 5.74) is 2.03. The predicted octanol–water partition coefficient (Wildman–Crippen LogP) is 1.65. The quantitative estimate of drug-likeness (QED) is 0.807. The molecule has 3 heterocycles. The molecule has 0 saturated carbocycles. The summed E-state index contributed by atoms with van der Waals surface area (Å²) < 4.78 is 6.99. The molecule has 0 fully saturated rings. The predicted molar refractivity (Wildman–Crippen MR) is 94.0 cm³/mol. The van der Waals surface area contributed by atoms with Crippen LogP contribution in [0.2, 0.25) is 0 Å². The molecule has 3 rings (SSSR count). The van der Waals surface area contributed by atoms with Crippen molar-refractivity contribution in [1.82, 2.24) is 19.8 Å². The highest BCUT2D eigenvalue weighted by molar-refractivity contribution is 7.11. The average molecular weight is 348 g/mol. The largest absolute Gasteiger partial charge is 0.383 e. The second kappa shape index (κ2) is 7.46. The summed E-state index contributed by atoms with van der Waals surface area (Å²) in [6, 6.07) is 4.31. The van der Waals surface area contributed by atoms with E-state index < -0.39 is 0 Å². The van der Waals surface area contributed by atoms with E-state index in [2.05, 4.69) is 34.3 Å². The first kappa shape index (κ1) is 17.1. The molecule has 0 radical (unpaired) electrons. The summed E-state index contributed by atoms with van der Waals surface area (Å²) >= 11 is 1.81. The molecule has 130 valence electrons. The fraction of sp³-hybridized carbons (Fsp3) is 0.529. The Morgan fingerprint density at radius 1 is 1.50 bits per heavy atom. The van der Waals surface area contributed by atoms with Crippen molar-refractivity contribution in [1.29, 1.82) is 0 Å². The lowest BCUT2D eigenvalue weighted by Crippen LogP contribution is -2.42. The van der Waals surface area contributed by atoms with Gasteiger partial charge in [-0.3, -0.25) is 9.69 Å². The highest BCUT2D eigenvalue weighted by Gasteiger charge is 2.33.